The second-order valence-electron chi connectivity index (χ2n) is 18.7. The van der Waals surface area contributed by atoms with Gasteiger partial charge in [0, 0.05) is 43.6 Å². The van der Waals surface area contributed by atoms with E-state index in [1.807, 2.05) is 18.2 Å². The Bertz CT molecular complexity index is 2100. The number of likely N-dealkylation sites (N-methyl/N-ethyl adjacent to an activating group) is 1. The topological polar surface area (TPSA) is 203 Å². The van der Waals surface area contributed by atoms with Crippen LogP contribution in [-0.4, -0.2) is 124 Å². The molecule has 0 aromatic heterocycles. The maximum Gasteiger partial charge on any atom is 0.410 e. The van der Waals surface area contributed by atoms with Gasteiger partial charge in [0.25, 0.3) is 5.69 Å². The predicted molar refractivity (Wildman–Crippen MR) is 229 cm³/mol. The summed E-state index contributed by atoms with van der Waals surface area (Å²) in [5.41, 5.74) is -3.23. The first-order valence-electron chi connectivity index (χ1n) is 22.5. The number of amides is 1. The van der Waals surface area contributed by atoms with Gasteiger partial charge in [0.05, 0.1) is 34.7 Å². The van der Waals surface area contributed by atoms with Gasteiger partial charge >= 0.3 is 12.1 Å². The number of nitro benzene ring substituents is 1. The van der Waals surface area contributed by atoms with Gasteiger partial charge in [0.1, 0.15) is 29.5 Å². The molecule has 1 amide bonds. The number of Topliss-reactive ketones (excluding diaryl/α,β-unsaturated/α-hetero) is 2. The second kappa shape index (κ2) is 18.3. The zero-order valence-electron chi connectivity index (χ0n) is 38.3. The van der Waals surface area contributed by atoms with Crippen molar-refractivity contribution in [3.05, 3.63) is 63.7 Å². The van der Waals surface area contributed by atoms with Gasteiger partial charge in [-0.2, -0.15) is 0 Å². The number of aliphatic hydroxyl groups excluding tert-OH is 1. The van der Waals surface area contributed by atoms with Gasteiger partial charge in [-0.1, -0.05) is 58.0 Å². The van der Waals surface area contributed by atoms with Crippen LogP contribution in [0.5, 0.6) is 11.5 Å². The first kappa shape index (κ1) is 47.3. The quantitative estimate of drug-likeness (QED) is 0.0934. The van der Waals surface area contributed by atoms with Crippen molar-refractivity contribution in [1.29, 1.82) is 0 Å². The first-order valence-corrected chi connectivity index (χ1v) is 22.5. The highest BCUT2D eigenvalue weighted by molar-refractivity contribution is 6.00. The van der Waals surface area contributed by atoms with Crippen LogP contribution in [0.1, 0.15) is 91.7 Å². The Labute approximate surface area is 374 Å². The number of nitrogens with zero attached hydrogens (tertiary/aromatic N) is 3. The van der Waals surface area contributed by atoms with E-state index in [9.17, 15) is 34.4 Å². The average Bonchev–Trinajstić information content (AvgIpc) is 3.95. The van der Waals surface area contributed by atoms with E-state index in [0.717, 1.165) is 12.8 Å². The highest BCUT2D eigenvalue weighted by Gasteiger charge is 2.70. The lowest BCUT2D eigenvalue weighted by atomic mass is 9.64. The third-order valence-electron chi connectivity index (χ3n) is 14.9. The molecule has 0 radical (unpaired) electrons. The van der Waals surface area contributed by atoms with Gasteiger partial charge in [0.2, 0.25) is 6.79 Å². The molecule has 5 heterocycles. The summed E-state index contributed by atoms with van der Waals surface area (Å²) in [6.45, 7) is 12.2. The van der Waals surface area contributed by atoms with Crippen LogP contribution in [0.15, 0.2) is 42.5 Å². The third kappa shape index (κ3) is 8.15. The summed E-state index contributed by atoms with van der Waals surface area (Å²) in [6.07, 6.45) is -2.56. The number of esters is 1. The second-order valence-corrected chi connectivity index (χ2v) is 18.7. The Morgan fingerprint density at radius 2 is 1.69 bits per heavy atom. The van der Waals surface area contributed by atoms with E-state index in [0.29, 0.717) is 24.3 Å². The fraction of sp³-hybridized carbons (Fsp3) is 0.660. The van der Waals surface area contributed by atoms with Crippen LogP contribution in [0.3, 0.4) is 0 Å². The Morgan fingerprint density at radius 3 is 2.34 bits per heavy atom. The normalized spacial score (nSPS) is 36.5. The minimum Gasteiger partial charge on any atom is -0.458 e. The molecule has 0 saturated carbocycles. The number of carbonyl (C=O) groups excluding carboxylic acids is 4. The fourth-order valence-corrected chi connectivity index (χ4v) is 11.4. The average molecular weight is 894 g/mol. The summed E-state index contributed by atoms with van der Waals surface area (Å²) in [5.74, 6) is -4.92. The number of cyclic esters (lactones) is 1. The van der Waals surface area contributed by atoms with Crippen LogP contribution < -0.4 is 9.47 Å². The smallest absolute Gasteiger partial charge is 0.410 e. The molecule has 2 bridgehead atoms. The van der Waals surface area contributed by atoms with Crippen molar-refractivity contribution < 1.29 is 62.4 Å². The van der Waals surface area contributed by atoms with Crippen molar-refractivity contribution >= 4 is 29.3 Å². The number of hydrogen-bond donors (Lipinski definition) is 1. The number of hydrogen-bond acceptors (Lipinski definition) is 15. The molecule has 2 aromatic carbocycles. The molecule has 7 rings (SSSR count). The highest BCUT2D eigenvalue weighted by Crippen LogP contribution is 2.54. The van der Waals surface area contributed by atoms with Crippen molar-refractivity contribution in [1.82, 2.24) is 9.80 Å². The molecule has 17 heteroatoms. The molecule has 4 saturated heterocycles. The zero-order valence-corrected chi connectivity index (χ0v) is 38.3. The summed E-state index contributed by atoms with van der Waals surface area (Å²) in [6, 6.07) is 11.4. The van der Waals surface area contributed by atoms with E-state index < -0.39 is 99.9 Å². The zero-order chi connectivity index (χ0) is 46.5. The fourth-order valence-electron chi connectivity index (χ4n) is 11.4. The molecule has 17 nitrogen and oxygen atoms in total. The monoisotopic (exact) mass is 893 g/mol. The maximum atomic E-state index is 15.0. The number of methoxy groups -OCH3 is 1. The predicted octanol–water partition coefficient (Wildman–Crippen LogP) is 5.78. The van der Waals surface area contributed by atoms with E-state index in [-0.39, 0.29) is 49.8 Å². The number of ether oxygens (including phenoxy) is 7. The number of aryl methyl sites for hydroxylation is 1. The number of rotatable bonds is 11. The van der Waals surface area contributed by atoms with Crippen molar-refractivity contribution in [2.24, 2.45) is 23.7 Å². The van der Waals surface area contributed by atoms with Crippen LogP contribution >= 0.6 is 0 Å². The van der Waals surface area contributed by atoms with Crippen molar-refractivity contribution in [3.8, 4) is 11.5 Å². The molecular formula is C47H63N3O14. The number of ketones is 2. The Hall–Kier alpha value is -4.68. The summed E-state index contributed by atoms with van der Waals surface area (Å²) in [7, 11) is 3.19. The number of fused-ring (bicyclic) bond motifs is 5. The molecule has 1 N–H and O–H groups in total. The maximum absolute atomic E-state index is 15.0. The molecule has 4 fully saturated rings. The molecule has 1 spiro atoms. The Balaban J connectivity index is 1.22. The number of carbonyl (C=O) groups is 4. The van der Waals surface area contributed by atoms with E-state index in [2.05, 4.69) is 12.1 Å². The van der Waals surface area contributed by atoms with Crippen LogP contribution in [0.25, 0.3) is 0 Å². The van der Waals surface area contributed by atoms with Crippen molar-refractivity contribution in [2.75, 3.05) is 27.5 Å². The minimum absolute atomic E-state index is 0.0262. The molecule has 5 aliphatic heterocycles. The first-order chi connectivity index (χ1) is 30.3. The molecule has 64 heavy (non-hydrogen) atoms. The highest BCUT2D eigenvalue weighted by atomic mass is 16.8. The lowest BCUT2D eigenvalue weighted by Crippen LogP contribution is -2.66. The van der Waals surface area contributed by atoms with Crippen molar-refractivity contribution in [2.45, 2.75) is 147 Å². The van der Waals surface area contributed by atoms with Gasteiger partial charge < -0.3 is 43.2 Å². The van der Waals surface area contributed by atoms with E-state index >= 15 is 0 Å². The van der Waals surface area contributed by atoms with E-state index in [1.165, 1.54) is 25.7 Å². The minimum atomic E-state index is -1.67. The van der Waals surface area contributed by atoms with Crippen molar-refractivity contribution in [3.63, 3.8) is 0 Å². The molecule has 2 unspecified atom stereocenters. The van der Waals surface area contributed by atoms with Gasteiger partial charge in [-0.15, -0.1) is 0 Å². The van der Waals surface area contributed by atoms with Crippen LogP contribution in [0, 0.1) is 33.8 Å². The number of aliphatic hydroxyl groups is 1. The number of benzene rings is 2. The van der Waals surface area contributed by atoms with E-state index in [1.54, 1.807) is 64.5 Å². The molecule has 2 aromatic rings. The lowest BCUT2D eigenvalue weighted by molar-refractivity contribution is -0.385. The molecule has 13 atom stereocenters. The van der Waals surface area contributed by atoms with Gasteiger partial charge in [-0.05, 0) is 78.0 Å². The Morgan fingerprint density at radius 1 is 1.00 bits per heavy atom. The van der Waals surface area contributed by atoms with Gasteiger partial charge in [0.15, 0.2) is 29.2 Å². The largest absolute Gasteiger partial charge is 0.458 e. The third-order valence-corrected chi connectivity index (χ3v) is 14.9. The summed E-state index contributed by atoms with van der Waals surface area (Å²) in [4.78, 5) is 73.0. The molecule has 0 aliphatic carbocycles. The molecule has 5 aliphatic rings. The summed E-state index contributed by atoms with van der Waals surface area (Å²) >= 11 is 0. The molecular weight excluding hydrogens is 831 g/mol. The number of nitro groups is 1. The summed E-state index contributed by atoms with van der Waals surface area (Å²) < 4.78 is 42.9. The number of unbranched alkanes of at least 4 members (excludes halogenated alkanes) is 1. The van der Waals surface area contributed by atoms with Crippen LogP contribution in [-0.2, 0) is 51.0 Å². The standard InChI is InChI=1S/C47H63N3O14/c1-10-36-46(7)41(49(44(55)64-46)19-15-14-18-30-16-12-11-13-17-30)27(3)38(51)26(2)23-45(6,58-9)47(29(5)39(52)28(4)42(54)61-36)37-22-33(40(53)43(62-37)63-47)48(8)24-31-20-34-35(60-25-59-34)21-32(31)50(56)57/h11-13,16-17,20-21,26-29,33,36-37,40-41,43,53H,10,14-15,18-19,22-25H2,1-9H3/t26-,27+,28-,29+,33+,36?,37?,40-,41-,43+,45-,46-,47+/m1/s1. The SMILES string of the molecule is CCC1OC(=O)[C@H](C)C(=O)[C@H](C)[C@@]2(O[C@@H]3OC2C[C@H](N(C)Cc2cc4c(cc2[N+](=O)[O-])OCO4)[C@H]3O)[C@](C)(OC)C[C@@H](C)C(=O)[C@H](C)[C@H]2N(CCCCc3ccccc3)C(=O)O[C@]12C. The van der Waals surface area contributed by atoms with Crippen LogP contribution in [0.4, 0.5) is 10.5 Å². The molecule has 350 valence electrons. The Kier molecular flexibility index (Phi) is 13.5. The van der Waals surface area contributed by atoms with Gasteiger partial charge in [-0.3, -0.25) is 29.4 Å². The van der Waals surface area contributed by atoms with Gasteiger partial charge in [-0.25, -0.2) is 4.79 Å². The lowest BCUT2D eigenvalue weighted by Gasteiger charge is -2.51. The van der Waals surface area contributed by atoms with Crippen LogP contribution in [0.2, 0.25) is 0 Å². The van der Waals surface area contributed by atoms with E-state index in [4.69, 9.17) is 33.2 Å². The summed E-state index contributed by atoms with van der Waals surface area (Å²) in [5, 5.41) is 24.1.